The SMILES string of the molecule is CCOc1cc(N(CC)CC)ccc1C1(N(c2ccccc2)c2ccc(NC(C)=O)cc2)OC(=O)c2ccccc21. The van der Waals surface area contributed by atoms with Gasteiger partial charge in [0.15, 0.2) is 0 Å². The van der Waals surface area contributed by atoms with Crippen LogP contribution in [-0.4, -0.2) is 31.6 Å². The van der Waals surface area contributed by atoms with E-state index >= 15 is 0 Å². The lowest BCUT2D eigenvalue weighted by Crippen LogP contribution is -2.45. The third-order valence-corrected chi connectivity index (χ3v) is 7.29. The van der Waals surface area contributed by atoms with Crippen molar-refractivity contribution in [1.29, 1.82) is 0 Å². The van der Waals surface area contributed by atoms with E-state index in [1.54, 1.807) is 6.07 Å². The van der Waals surface area contributed by atoms with Gasteiger partial charge in [-0.2, -0.15) is 0 Å². The summed E-state index contributed by atoms with van der Waals surface area (Å²) in [6.07, 6.45) is 0. The van der Waals surface area contributed by atoms with E-state index in [-0.39, 0.29) is 5.91 Å². The molecule has 0 bridgehead atoms. The lowest BCUT2D eigenvalue weighted by atomic mass is 9.89. The minimum atomic E-state index is -1.38. The van der Waals surface area contributed by atoms with Gasteiger partial charge in [-0.05, 0) is 75.4 Å². The fraction of sp³-hybridized carbons (Fsp3) is 0.235. The number of cyclic esters (lactones) is 1. The van der Waals surface area contributed by atoms with Crippen molar-refractivity contribution >= 4 is 34.6 Å². The van der Waals surface area contributed by atoms with Crippen LogP contribution in [0.3, 0.4) is 0 Å². The topological polar surface area (TPSA) is 71.1 Å². The molecule has 1 aliphatic heterocycles. The number of ether oxygens (including phenoxy) is 2. The lowest BCUT2D eigenvalue weighted by molar-refractivity contribution is -0.114. The second-order valence-electron chi connectivity index (χ2n) is 9.76. The molecular weight excluding hydrogens is 514 g/mol. The van der Waals surface area contributed by atoms with Crippen LogP contribution in [0.15, 0.2) is 97.1 Å². The van der Waals surface area contributed by atoms with Crippen LogP contribution in [0.25, 0.3) is 0 Å². The van der Waals surface area contributed by atoms with E-state index in [2.05, 4.69) is 30.1 Å². The highest BCUT2D eigenvalue weighted by Gasteiger charge is 2.54. The van der Waals surface area contributed by atoms with Crippen LogP contribution in [0, 0.1) is 0 Å². The number of esters is 1. The van der Waals surface area contributed by atoms with Gasteiger partial charge in [0.05, 0.1) is 17.7 Å². The van der Waals surface area contributed by atoms with Crippen LogP contribution in [0.1, 0.15) is 49.2 Å². The summed E-state index contributed by atoms with van der Waals surface area (Å²) in [6, 6.07) is 31.0. The minimum absolute atomic E-state index is 0.151. The summed E-state index contributed by atoms with van der Waals surface area (Å²) in [6.45, 7) is 9.81. The normalized spacial score (nSPS) is 15.6. The predicted octanol–water partition coefficient (Wildman–Crippen LogP) is 7.10. The van der Waals surface area contributed by atoms with Gasteiger partial charge in [-0.1, -0.05) is 36.4 Å². The highest BCUT2D eigenvalue weighted by molar-refractivity contribution is 5.97. The number of benzene rings is 4. The molecule has 0 radical (unpaired) electrons. The summed E-state index contributed by atoms with van der Waals surface area (Å²) in [5, 5.41) is 2.83. The van der Waals surface area contributed by atoms with Crippen molar-refractivity contribution in [2.45, 2.75) is 33.4 Å². The molecule has 4 aromatic carbocycles. The molecule has 1 N–H and O–H groups in total. The monoisotopic (exact) mass is 549 g/mol. The Morgan fingerprint density at radius 1 is 0.805 bits per heavy atom. The maximum absolute atomic E-state index is 13.6. The summed E-state index contributed by atoms with van der Waals surface area (Å²) in [7, 11) is 0. The largest absolute Gasteiger partial charge is 0.493 e. The van der Waals surface area contributed by atoms with E-state index in [1.807, 2.05) is 96.8 Å². The van der Waals surface area contributed by atoms with Crippen molar-refractivity contribution < 1.29 is 19.1 Å². The zero-order valence-corrected chi connectivity index (χ0v) is 23.9. The number of hydrogen-bond donors (Lipinski definition) is 1. The zero-order chi connectivity index (χ0) is 29.0. The molecule has 0 spiro atoms. The molecule has 7 heteroatoms. The van der Waals surface area contributed by atoms with Gasteiger partial charge in [0.2, 0.25) is 11.6 Å². The van der Waals surface area contributed by atoms with Gasteiger partial charge in [-0.25, -0.2) is 4.79 Å². The smallest absolute Gasteiger partial charge is 0.341 e. The summed E-state index contributed by atoms with van der Waals surface area (Å²) >= 11 is 0. The molecule has 1 heterocycles. The van der Waals surface area contributed by atoms with E-state index < -0.39 is 11.7 Å². The molecule has 1 aliphatic rings. The van der Waals surface area contributed by atoms with Crippen molar-refractivity contribution in [2.24, 2.45) is 0 Å². The van der Waals surface area contributed by atoms with Crippen molar-refractivity contribution in [3.05, 3.63) is 114 Å². The molecule has 210 valence electrons. The van der Waals surface area contributed by atoms with E-state index in [1.165, 1.54) is 6.92 Å². The van der Waals surface area contributed by atoms with E-state index in [4.69, 9.17) is 9.47 Å². The number of amides is 1. The average molecular weight is 550 g/mol. The first-order valence-electron chi connectivity index (χ1n) is 14.0. The van der Waals surface area contributed by atoms with Crippen LogP contribution >= 0.6 is 0 Å². The molecule has 0 fully saturated rings. The maximum Gasteiger partial charge on any atom is 0.341 e. The van der Waals surface area contributed by atoms with Crippen molar-refractivity contribution in [3.8, 4) is 5.75 Å². The first-order chi connectivity index (χ1) is 19.9. The van der Waals surface area contributed by atoms with Crippen LogP contribution in [0.2, 0.25) is 0 Å². The Morgan fingerprint density at radius 2 is 1.44 bits per heavy atom. The van der Waals surface area contributed by atoms with E-state index in [0.29, 0.717) is 29.2 Å². The molecule has 0 aromatic heterocycles. The van der Waals surface area contributed by atoms with Crippen LogP contribution in [-0.2, 0) is 15.3 Å². The predicted molar refractivity (Wildman–Crippen MR) is 163 cm³/mol. The number of fused-ring (bicyclic) bond motifs is 1. The number of para-hydroxylation sites is 1. The molecular formula is C34H35N3O4. The fourth-order valence-corrected chi connectivity index (χ4v) is 5.53. The number of hydrogen-bond acceptors (Lipinski definition) is 6. The third kappa shape index (κ3) is 5.11. The number of carbonyl (C=O) groups is 2. The van der Waals surface area contributed by atoms with Gasteiger partial charge >= 0.3 is 5.97 Å². The summed E-state index contributed by atoms with van der Waals surface area (Å²) in [5.41, 5.74) is 3.84. The first kappa shape index (κ1) is 27.8. The molecule has 7 nitrogen and oxygen atoms in total. The maximum atomic E-state index is 13.6. The molecule has 4 aromatic rings. The highest BCUT2D eigenvalue weighted by Crippen LogP contribution is 2.52. The number of nitrogens with one attached hydrogen (secondary N) is 1. The Kier molecular flexibility index (Phi) is 7.97. The second kappa shape index (κ2) is 11.8. The molecule has 0 aliphatic carbocycles. The Bertz CT molecular complexity index is 1530. The van der Waals surface area contributed by atoms with Crippen LogP contribution < -0.4 is 19.9 Å². The van der Waals surface area contributed by atoms with Crippen molar-refractivity contribution in [1.82, 2.24) is 0 Å². The quantitative estimate of drug-likeness (QED) is 0.213. The number of rotatable bonds is 10. The molecule has 1 amide bonds. The fourth-order valence-electron chi connectivity index (χ4n) is 5.53. The highest BCUT2D eigenvalue weighted by atomic mass is 16.6. The number of carbonyl (C=O) groups excluding carboxylic acids is 2. The zero-order valence-electron chi connectivity index (χ0n) is 23.9. The average Bonchev–Trinajstić information content (AvgIpc) is 3.28. The van der Waals surface area contributed by atoms with Gasteiger partial charge in [-0.3, -0.25) is 9.69 Å². The number of anilines is 4. The van der Waals surface area contributed by atoms with Crippen molar-refractivity contribution in [2.75, 3.05) is 34.8 Å². The third-order valence-electron chi connectivity index (χ3n) is 7.29. The standard InChI is InChI=1S/C34H35N3O4/c1-5-36(6-2)28-21-22-31(32(23-28)40-7-3)34(30-16-12-11-15-29(30)33(39)41-34)37(26-13-9-8-10-14-26)27-19-17-25(18-20-27)35-24(4)38/h8-23H,5-7H2,1-4H3,(H,35,38). The minimum Gasteiger partial charge on any atom is -0.493 e. The van der Waals surface area contributed by atoms with Crippen LogP contribution in [0.4, 0.5) is 22.7 Å². The Labute approximate surface area is 241 Å². The van der Waals surface area contributed by atoms with Gasteiger partial charge in [-0.15, -0.1) is 0 Å². The molecule has 41 heavy (non-hydrogen) atoms. The summed E-state index contributed by atoms with van der Waals surface area (Å²) in [4.78, 5) is 29.6. The Hall–Kier alpha value is -4.78. The summed E-state index contributed by atoms with van der Waals surface area (Å²) in [5.74, 6) is 0.0753. The lowest BCUT2D eigenvalue weighted by Gasteiger charge is -2.43. The second-order valence-corrected chi connectivity index (χ2v) is 9.76. The Balaban J connectivity index is 1.82. The van der Waals surface area contributed by atoms with Crippen LogP contribution in [0.5, 0.6) is 5.75 Å². The van der Waals surface area contributed by atoms with Gasteiger partial charge in [0.1, 0.15) is 5.75 Å². The van der Waals surface area contributed by atoms with Crippen molar-refractivity contribution in [3.63, 3.8) is 0 Å². The van der Waals surface area contributed by atoms with Gasteiger partial charge in [0.25, 0.3) is 0 Å². The molecule has 5 rings (SSSR count). The van der Waals surface area contributed by atoms with Gasteiger partial charge < -0.3 is 19.7 Å². The Morgan fingerprint density at radius 3 is 2.10 bits per heavy atom. The molecule has 0 saturated carbocycles. The summed E-state index contributed by atoms with van der Waals surface area (Å²) < 4.78 is 12.8. The van der Waals surface area contributed by atoms with Gasteiger partial charge in [0, 0.05) is 54.4 Å². The number of nitrogens with zero attached hydrogens (tertiary/aromatic N) is 2. The first-order valence-corrected chi connectivity index (χ1v) is 14.0. The van der Waals surface area contributed by atoms with E-state index in [9.17, 15) is 9.59 Å². The molecule has 1 atom stereocenters. The van der Waals surface area contributed by atoms with E-state index in [0.717, 1.165) is 35.7 Å². The molecule has 1 unspecified atom stereocenters. The molecule has 0 saturated heterocycles.